The molecule has 5 aromatic rings. The molecule has 0 aliphatic heterocycles. The first-order valence-corrected chi connectivity index (χ1v) is 21.2. The van der Waals surface area contributed by atoms with Crippen molar-refractivity contribution in [2.75, 3.05) is 0 Å². The quantitative estimate of drug-likeness (QED) is 0.112. The topological polar surface area (TPSA) is 105 Å². The Labute approximate surface area is 241 Å². The number of rotatable bonds is 9. The van der Waals surface area contributed by atoms with E-state index in [9.17, 15) is 4.79 Å². The second kappa shape index (κ2) is 16.4. The van der Waals surface area contributed by atoms with Gasteiger partial charge in [0.15, 0.2) is 0 Å². The monoisotopic (exact) mass is 653 g/mol. The number of nitrogens with two attached hydrogens (primary N) is 1. The molecule has 205 valence electrons. The van der Waals surface area contributed by atoms with Crippen LogP contribution in [0.1, 0.15) is 45.1 Å². The first kappa shape index (κ1) is 30.9. The number of pyridine rings is 2. The van der Waals surface area contributed by atoms with Crippen molar-refractivity contribution in [3.63, 3.8) is 0 Å². The van der Waals surface area contributed by atoms with Crippen molar-refractivity contribution >= 4 is 66.2 Å². The first-order valence-electron chi connectivity index (χ1n) is 13.6. The molecule has 0 spiro atoms. The van der Waals surface area contributed by atoms with Crippen LogP contribution in [0.5, 0.6) is 0 Å². The number of carbonyl (C=O) groups is 1. The summed E-state index contributed by atoms with van der Waals surface area (Å²) in [5.41, 5.74) is 9.39. The Morgan fingerprint density at radius 3 is 2.03 bits per heavy atom. The van der Waals surface area contributed by atoms with Crippen LogP contribution in [-0.4, -0.2) is 50.7 Å². The maximum absolute atomic E-state index is 10.6. The average Bonchev–Trinajstić information content (AvgIpc) is 3.38. The zero-order valence-corrected chi connectivity index (χ0v) is 26.3. The fraction of sp³-hybridized carbons (Fsp3) is 0.323. The molecule has 3 aromatic heterocycles. The molecule has 4 N–H and O–H groups in total. The molecule has 0 saturated heterocycles. The van der Waals surface area contributed by atoms with E-state index in [1.54, 1.807) is 12.4 Å². The Morgan fingerprint density at radius 2 is 1.49 bits per heavy atom. The van der Waals surface area contributed by atoms with Crippen LogP contribution in [0.4, 0.5) is 0 Å². The predicted molar refractivity (Wildman–Crippen MR) is 166 cm³/mol. The Bertz CT molecular complexity index is 1400. The third kappa shape index (κ3) is 9.48. The van der Waals surface area contributed by atoms with E-state index in [-0.39, 0.29) is 0 Å². The molecule has 0 aliphatic carbocycles. The molecule has 0 amide bonds. The van der Waals surface area contributed by atoms with Crippen LogP contribution >= 0.6 is 8.92 Å². The van der Waals surface area contributed by atoms with Crippen molar-refractivity contribution in [3.05, 3.63) is 84.8 Å². The molecule has 0 unspecified atom stereocenters. The minimum absolute atomic E-state index is 0.347. The third-order valence-corrected chi connectivity index (χ3v) is 14.0. The number of nitrogens with zero attached hydrogens (tertiary/aromatic N) is 2. The van der Waals surface area contributed by atoms with E-state index < -0.39 is 30.6 Å². The number of carboxylic acid groups (broad SMARTS) is 1. The molecule has 3 heterocycles. The molecule has 5 rings (SSSR count). The number of halogens is 1. The summed E-state index contributed by atoms with van der Waals surface area (Å²) in [6, 6.07) is 19.1. The summed E-state index contributed by atoms with van der Waals surface area (Å²) < 4.78 is 2.81. The van der Waals surface area contributed by atoms with Crippen molar-refractivity contribution in [1.82, 2.24) is 15.0 Å². The average molecular weight is 653 g/mol. The largest absolute Gasteiger partial charge is 0.480 e. The number of carboxylic acids is 1. The zero-order chi connectivity index (χ0) is 28.0. The predicted octanol–water partition coefficient (Wildman–Crippen LogP) is 7.72. The summed E-state index contributed by atoms with van der Waals surface area (Å²) in [5, 5.41) is 12.0. The number of benzene rings is 2. The van der Waals surface area contributed by atoms with Crippen LogP contribution in [0.3, 0.4) is 0 Å². The number of para-hydroxylation sites is 1. The van der Waals surface area contributed by atoms with Gasteiger partial charge in [0.2, 0.25) is 0 Å². The molecular weight excluding hydrogens is 615 g/mol. The number of aromatic amines is 1. The van der Waals surface area contributed by atoms with Crippen LogP contribution in [-0.2, 0) is 11.2 Å². The number of H-pyrrole nitrogens is 1. The van der Waals surface area contributed by atoms with Crippen LogP contribution < -0.4 is 5.73 Å². The fourth-order valence-electron chi connectivity index (χ4n) is 4.17. The third-order valence-electron chi connectivity index (χ3n) is 6.38. The van der Waals surface area contributed by atoms with Crippen molar-refractivity contribution < 1.29 is 9.90 Å². The van der Waals surface area contributed by atoms with Gasteiger partial charge in [0.05, 0.1) is 11.0 Å². The first-order chi connectivity index (χ1) is 18.9. The van der Waals surface area contributed by atoms with Gasteiger partial charge in [-0.3, -0.25) is 14.8 Å². The maximum Gasteiger partial charge on any atom is 0.320 e. The second-order valence-corrected chi connectivity index (χ2v) is 18.8. The van der Waals surface area contributed by atoms with Gasteiger partial charge in [0.1, 0.15) is 6.04 Å². The Kier molecular flexibility index (Phi) is 13.0. The number of hydrogen-bond donors (Lipinski definition) is 3. The van der Waals surface area contributed by atoms with Gasteiger partial charge >= 0.3 is 81.9 Å². The molecular formula is C31H38ClN4O2Sn. The van der Waals surface area contributed by atoms with E-state index in [0.717, 1.165) is 38.3 Å². The summed E-state index contributed by atoms with van der Waals surface area (Å²) in [6.07, 6.45) is 11.2. The van der Waals surface area contributed by atoms with Gasteiger partial charge in [-0.25, -0.2) is 0 Å². The van der Waals surface area contributed by atoms with E-state index in [0.29, 0.717) is 6.42 Å². The minimum atomic E-state index is -1.27. The number of nitrogens with one attached hydrogen (secondary N) is 1. The molecule has 39 heavy (non-hydrogen) atoms. The van der Waals surface area contributed by atoms with Gasteiger partial charge < -0.3 is 15.8 Å². The van der Waals surface area contributed by atoms with Gasteiger partial charge in [0, 0.05) is 46.7 Å². The van der Waals surface area contributed by atoms with E-state index in [1.165, 1.54) is 34.6 Å². The summed E-state index contributed by atoms with van der Waals surface area (Å²) >= 11 is -1.27. The van der Waals surface area contributed by atoms with Crippen molar-refractivity contribution in [3.8, 4) is 0 Å². The molecule has 0 saturated carbocycles. The normalized spacial score (nSPS) is 11.6. The van der Waals surface area contributed by atoms with Crippen LogP contribution in [0, 0.1) is 0 Å². The molecule has 0 aliphatic rings. The summed E-state index contributed by atoms with van der Waals surface area (Å²) in [6.45, 7) is 4.49. The zero-order valence-electron chi connectivity index (χ0n) is 22.7. The molecule has 0 bridgehead atoms. The molecule has 8 heteroatoms. The Hall–Kier alpha value is -2.68. The SMILES string of the molecule is CCC[CH2][Sn]([Cl])[CH2]CCC.N[C@@H](Cc1c[nH]c2ccccc12)C(=O)O.c1cnc2c(c1)ccc1cccnc12. The van der Waals surface area contributed by atoms with E-state index >= 15 is 0 Å². The number of fused-ring (bicyclic) bond motifs is 4. The number of aromatic nitrogens is 3. The number of hydrogen-bond acceptors (Lipinski definition) is 4. The van der Waals surface area contributed by atoms with Crippen molar-refractivity contribution in [2.24, 2.45) is 5.73 Å². The van der Waals surface area contributed by atoms with Crippen molar-refractivity contribution in [1.29, 1.82) is 0 Å². The van der Waals surface area contributed by atoms with E-state index in [4.69, 9.17) is 19.8 Å². The smallest absolute Gasteiger partial charge is 0.320 e. The van der Waals surface area contributed by atoms with Crippen LogP contribution in [0.25, 0.3) is 32.7 Å². The van der Waals surface area contributed by atoms with Gasteiger partial charge in [-0.05, 0) is 23.8 Å². The van der Waals surface area contributed by atoms with Gasteiger partial charge in [0.25, 0.3) is 0 Å². The van der Waals surface area contributed by atoms with Crippen LogP contribution in [0.15, 0.2) is 79.3 Å². The Balaban J connectivity index is 0.000000166. The van der Waals surface area contributed by atoms with E-state index in [2.05, 4.69) is 53.1 Å². The van der Waals surface area contributed by atoms with Gasteiger partial charge in [-0.1, -0.05) is 42.5 Å². The summed E-state index contributed by atoms with van der Waals surface area (Å²) in [7, 11) is 6.24. The van der Waals surface area contributed by atoms with E-state index in [1.807, 2.05) is 42.6 Å². The summed E-state index contributed by atoms with van der Waals surface area (Å²) in [5.74, 6) is -0.972. The molecule has 0 fully saturated rings. The standard InChI is InChI=1S/C12H8N2.C11H12N2O2.2C4H9.ClH.Sn/c1-3-9-5-6-10-4-2-8-14-12(10)11(9)13-7-1;12-9(11(14)15)5-7-6-13-10-4-2-1-3-8(7)10;2*1-3-4-2;;/h1-8H;1-4,6,9,13H,5,12H2,(H,14,15);2*1,3-4H2,2H3;1H;/q;;;;;+1/p-1/t;9-;;;;/m.0..../s1. The van der Waals surface area contributed by atoms with Gasteiger partial charge in [-0.2, -0.15) is 0 Å². The summed E-state index contributed by atoms with van der Waals surface area (Å²) in [4.78, 5) is 22.4. The fourth-order valence-corrected chi connectivity index (χ4v) is 10.9. The minimum Gasteiger partial charge on any atom is -0.480 e. The van der Waals surface area contributed by atoms with Crippen LogP contribution in [0.2, 0.25) is 8.87 Å². The number of aliphatic carboxylic acids is 1. The second-order valence-electron chi connectivity index (χ2n) is 9.45. The number of unbranched alkanes of at least 4 members (excludes halogenated alkanes) is 2. The van der Waals surface area contributed by atoms with Crippen molar-refractivity contribution in [2.45, 2.75) is 60.9 Å². The Morgan fingerprint density at radius 1 is 0.923 bits per heavy atom. The maximum atomic E-state index is 10.6. The molecule has 6 nitrogen and oxygen atoms in total. The molecule has 1 radical (unpaired) electrons. The van der Waals surface area contributed by atoms with Gasteiger partial charge in [-0.15, -0.1) is 0 Å². The molecule has 2 aromatic carbocycles. The molecule has 1 atom stereocenters.